The van der Waals surface area contributed by atoms with Gasteiger partial charge in [-0.15, -0.1) is 0 Å². The molecule has 7 heteroatoms. The third-order valence-electron chi connectivity index (χ3n) is 5.21. The lowest BCUT2D eigenvalue weighted by Gasteiger charge is -2.13. The molecule has 0 saturated heterocycles. The summed E-state index contributed by atoms with van der Waals surface area (Å²) < 4.78 is 15.7. The zero-order chi connectivity index (χ0) is 22.4. The van der Waals surface area contributed by atoms with E-state index in [1.54, 1.807) is 26.2 Å². The summed E-state index contributed by atoms with van der Waals surface area (Å²) >= 11 is 0. The predicted molar refractivity (Wildman–Crippen MR) is 117 cm³/mol. The number of hydrogen-bond donors (Lipinski definition) is 2. The maximum Gasteiger partial charge on any atom is 0.339 e. The number of nitrogens with one attached hydrogen (secondary N) is 1. The molecule has 0 aliphatic carbocycles. The molecule has 2 aromatic carbocycles. The zero-order valence-electron chi connectivity index (χ0n) is 18.0. The molecule has 3 rings (SSSR count). The Hall–Kier alpha value is -3.32. The number of benzene rings is 2. The van der Waals surface area contributed by atoms with Gasteiger partial charge in [-0.2, -0.15) is 0 Å². The summed E-state index contributed by atoms with van der Waals surface area (Å²) in [6.45, 7) is 4.76. The fourth-order valence-electron chi connectivity index (χ4n) is 3.50. The molecule has 0 amide bonds. The second kappa shape index (κ2) is 10.1. The molecule has 0 atom stereocenters. The molecule has 164 valence electrons. The van der Waals surface area contributed by atoms with Crippen LogP contribution in [-0.4, -0.2) is 24.8 Å². The second-order valence-electron chi connectivity index (χ2n) is 7.19. The first-order valence-corrected chi connectivity index (χ1v) is 10.2. The quantitative estimate of drug-likeness (QED) is 0.399. The average molecular weight is 425 g/mol. The topological polar surface area (TPSA) is 98.0 Å². The van der Waals surface area contributed by atoms with Crippen LogP contribution in [0.25, 0.3) is 11.0 Å². The molecule has 2 N–H and O–H groups in total. The van der Waals surface area contributed by atoms with E-state index in [1.807, 2.05) is 31.2 Å². The summed E-state index contributed by atoms with van der Waals surface area (Å²) in [4.78, 5) is 24.3. The highest BCUT2D eigenvalue weighted by molar-refractivity contribution is 5.85. The van der Waals surface area contributed by atoms with Crippen LogP contribution in [0.1, 0.15) is 35.6 Å². The van der Waals surface area contributed by atoms with Gasteiger partial charge in [-0.05, 0) is 55.7 Å². The maximum absolute atomic E-state index is 12.6. The molecule has 0 radical (unpaired) electrons. The number of carbonyl (C=O) groups is 1. The molecule has 1 aromatic heterocycles. The summed E-state index contributed by atoms with van der Waals surface area (Å²) in [7, 11) is 1.62. The number of rotatable bonds is 9. The van der Waals surface area contributed by atoms with E-state index < -0.39 is 5.63 Å². The van der Waals surface area contributed by atoms with Gasteiger partial charge in [0.2, 0.25) is 0 Å². The number of ether oxygens (including phenoxy) is 2. The standard InChI is InChI=1S/C24H27NO6/c1-4-30-22(27)12-10-19-15(2)18-9-11-21(26)20(23(18)31-24(19)28)14-25-13-16-5-7-17(29-3)8-6-16/h5-9,11,25-26H,4,10,12-14H2,1-3H3. The minimum absolute atomic E-state index is 0.0524. The van der Waals surface area contributed by atoms with Gasteiger partial charge in [0.15, 0.2) is 0 Å². The second-order valence-corrected chi connectivity index (χ2v) is 7.19. The van der Waals surface area contributed by atoms with Crippen molar-refractivity contribution in [2.45, 2.75) is 39.8 Å². The van der Waals surface area contributed by atoms with Crippen LogP contribution in [0.3, 0.4) is 0 Å². The number of phenols is 1. The van der Waals surface area contributed by atoms with Crippen molar-refractivity contribution >= 4 is 16.9 Å². The third-order valence-corrected chi connectivity index (χ3v) is 5.21. The first-order chi connectivity index (χ1) is 14.9. The Bertz CT molecular complexity index is 1120. The number of aryl methyl sites for hydroxylation is 1. The summed E-state index contributed by atoms with van der Waals surface area (Å²) in [5, 5.41) is 14.4. The van der Waals surface area contributed by atoms with Crippen LogP contribution < -0.4 is 15.7 Å². The van der Waals surface area contributed by atoms with Gasteiger partial charge in [-0.1, -0.05) is 12.1 Å². The molecule has 0 bridgehead atoms. The Morgan fingerprint density at radius 3 is 2.52 bits per heavy atom. The maximum atomic E-state index is 12.6. The lowest BCUT2D eigenvalue weighted by molar-refractivity contribution is -0.143. The van der Waals surface area contributed by atoms with Crippen molar-refractivity contribution in [3.8, 4) is 11.5 Å². The minimum Gasteiger partial charge on any atom is -0.507 e. The Morgan fingerprint density at radius 1 is 1.10 bits per heavy atom. The Labute approximate surface area is 180 Å². The largest absolute Gasteiger partial charge is 0.507 e. The van der Waals surface area contributed by atoms with E-state index >= 15 is 0 Å². The highest BCUT2D eigenvalue weighted by atomic mass is 16.5. The molecule has 0 spiro atoms. The van der Waals surface area contributed by atoms with Gasteiger partial charge >= 0.3 is 11.6 Å². The zero-order valence-corrected chi connectivity index (χ0v) is 18.0. The number of carbonyl (C=O) groups excluding carboxylic acids is 1. The van der Waals surface area contributed by atoms with Crippen molar-refractivity contribution in [1.29, 1.82) is 0 Å². The lowest BCUT2D eigenvalue weighted by atomic mass is 10.00. The van der Waals surface area contributed by atoms with E-state index in [1.165, 1.54) is 0 Å². The van der Waals surface area contributed by atoms with E-state index in [2.05, 4.69) is 5.32 Å². The molecule has 0 unspecified atom stereocenters. The first-order valence-electron chi connectivity index (χ1n) is 10.2. The molecule has 0 aliphatic heterocycles. The van der Waals surface area contributed by atoms with Crippen LogP contribution >= 0.6 is 0 Å². The van der Waals surface area contributed by atoms with Gasteiger partial charge in [0.1, 0.15) is 17.1 Å². The summed E-state index contributed by atoms with van der Waals surface area (Å²) in [6.07, 6.45) is 0.355. The van der Waals surface area contributed by atoms with Crippen molar-refractivity contribution < 1.29 is 23.8 Å². The van der Waals surface area contributed by atoms with Crippen LogP contribution in [-0.2, 0) is 29.0 Å². The van der Waals surface area contributed by atoms with Crippen LogP contribution in [0, 0.1) is 6.92 Å². The molecule has 7 nitrogen and oxygen atoms in total. The molecule has 1 heterocycles. The summed E-state index contributed by atoms with van der Waals surface area (Å²) in [5.41, 5.74) is 2.61. The van der Waals surface area contributed by atoms with E-state index in [9.17, 15) is 14.7 Å². The molecule has 3 aromatic rings. The van der Waals surface area contributed by atoms with E-state index in [-0.39, 0.29) is 24.6 Å². The van der Waals surface area contributed by atoms with Crippen LogP contribution in [0.15, 0.2) is 45.6 Å². The van der Waals surface area contributed by atoms with Gasteiger partial charge in [0.05, 0.1) is 19.3 Å². The number of aromatic hydroxyl groups is 1. The number of hydrogen-bond acceptors (Lipinski definition) is 7. The lowest BCUT2D eigenvalue weighted by Crippen LogP contribution is -2.16. The fraction of sp³-hybridized carbons (Fsp3) is 0.333. The summed E-state index contributed by atoms with van der Waals surface area (Å²) in [5.74, 6) is 0.485. The molecular weight excluding hydrogens is 398 g/mol. The molecular formula is C24H27NO6. The average Bonchev–Trinajstić information content (AvgIpc) is 2.76. The molecule has 0 fully saturated rings. The predicted octanol–water partition coefficient (Wildman–Crippen LogP) is 3.60. The third kappa shape index (κ3) is 5.24. The van der Waals surface area contributed by atoms with Gasteiger partial charge < -0.3 is 24.3 Å². The van der Waals surface area contributed by atoms with Gasteiger partial charge in [-0.25, -0.2) is 4.79 Å². The first kappa shape index (κ1) is 22.4. The van der Waals surface area contributed by atoms with Crippen molar-refractivity contribution in [3.63, 3.8) is 0 Å². The van der Waals surface area contributed by atoms with Crippen LogP contribution in [0.5, 0.6) is 11.5 Å². The van der Waals surface area contributed by atoms with Gasteiger partial charge in [0, 0.05) is 30.5 Å². The minimum atomic E-state index is -0.503. The van der Waals surface area contributed by atoms with E-state index in [0.717, 1.165) is 22.3 Å². The van der Waals surface area contributed by atoms with Gasteiger partial charge in [0.25, 0.3) is 0 Å². The highest BCUT2D eigenvalue weighted by Gasteiger charge is 2.17. The monoisotopic (exact) mass is 425 g/mol. The Morgan fingerprint density at radius 2 is 1.84 bits per heavy atom. The van der Waals surface area contributed by atoms with E-state index in [4.69, 9.17) is 13.9 Å². The van der Waals surface area contributed by atoms with Crippen LogP contribution in [0.2, 0.25) is 0 Å². The number of fused-ring (bicyclic) bond motifs is 1. The molecule has 0 saturated carbocycles. The highest BCUT2D eigenvalue weighted by Crippen LogP contribution is 2.29. The number of esters is 1. The van der Waals surface area contributed by atoms with Crippen molar-refractivity contribution in [3.05, 3.63) is 69.1 Å². The number of methoxy groups -OCH3 is 1. The van der Waals surface area contributed by atoms with Crippen molar-refractivity contribution in [2.24, 2.45) is 0 Å². The van der Waals surface area contributed by atoms with Gasteiger partial charge in [-0.3, -0.25) is 4.79 Å². The number of phenolic OH excluding ortho intramolecular Hbond substituents is 1. The molecule has 0 aliphatic rings. The van der Waals surface area contributed by atoms with E-state index in [0.29, 0.717) is 36.4 Å². The van der Waals surface area contributed by atoms with Crippen molar-refractivity contribution in [1.82, 2.24) is 5.32 Å². The fourth-order valence-corrected chi connectivity index (χ4v) is 3.50. The molecule has 31 heavy (non-hydrogen) atoms. The SMILES string of the molecule is CCOC(=O)CCc1c(C)c2ccc(O)c(CNCc3ccc(OC)cc3)c2oc1=O. The Balaban J connectivity index is 1.82. The smallest absolute Gasteiger partial charge is 0.339 e. The normalized spacial score (nSPS) is 10.9. The van der Waals surface area contributed by atoms with Crippen LogP contribution in [0.4, 0.5) is 0 Å². The Kier molecular flexibility index (Phi) is 7.31. The summed E-state index contributed by atoms with van der Waals surface area (Å²) in [6, 6.07) is 11.0. The van der Waals surface area contributed by atoms with Crippen molar-refractivity contribution in [2.75, 3.05) is 13.7 Å².